The Morgan fingerprint density at radius 1 is 1.38 bits per heavy atom. The lowest BCUT2D eigenvalue weighted by atomic mass is 10.1. The first kappa shape index (κ1) is 13.3. The molecule has 0 saturated heterocycles. The van der Waals surface area contributed by atoms with Gasteiger partial charge in [-0.25, -0.2) is 9.78 Å². The van der Waals surface area contributed by atoms with E-state index < -0.39 is 5.63 Å². The summed E-state index contributed by atoms with van der Waals surface area (Å²) in [7, 11) is 0. The zero-order valence-electron chi connectivity index (χ0n) is 10.9. The van der Waals surface area contributed by atoms with Crippen LogP contribution in [-0.4, -0.2) is 16.0 Å². The fourth-order valence-electron chi connectivity index (χ4n) is 1.88. The second-order valence-corrected chi connectivity index (χ2v) is 5.25. The number of aromatic hydroxyl groups is 1. The van der Waals surface area contributed by atoms with Gasteiger partial charge >= 0.3 is 5.63 Å². The lowest BCUT2D eigenvalue weighted by Crippen LogP contribution is -2.06. The SMILES string of the molecule is CC(=O)Nc1nc(-c2cc3ccc(O)cc3oc2=O)cs1. The predicted octanol–water partition coefficient (Wildman–Crippen LogP) is 2.58. The Bertz CT molecular complexity index is 897. The molecule has 0 aliphatic heterocycles. The summed E-state index contributed by atoms with van der Waals surface area (Å²) in [5, 5.41) is 14.7. The molecule has 0 bridgehead atoms. The Labute approximate surface area is 122 Å². The number of carbonyl (C=O) groups is 1. The van der Waals surface area contributed by atoms with Crippen LogP contribution in [0.25, 0.3) is 22.2 Å². The molecule has 6 nitrogen and oxygen atoms in total. The van der Waals surface area contributed by atoms with Gasteiger partial charge in [-0.2, -0.15) is 0 Å². The average Bonchev–Trinajstić information content (AvgIpc) is 2.85. The summed E-state index contributed by atoms with van der Waals surface area (Å²) < 4.78 is 5.18. The van der Waals surface area contributed by atoms with Gasteiger partial charge in [0.1, 0.15) is 11.3 Å². The van der Waals surface area contributed by atoms with Crippen LogP contribution in [0.5, 0.6) is 5.75 Å². The molecule has 2 heterocycles. The van der Waals surface area contributed by atoms with Gasteiger partial charge in [0.05, 0.1) is 11.3 Å². The van der Waals surface area contributed by atoms with E-state index in [1.807, 2.05) is 0 Å². The summed E-state index contributed by atoms with van der Waals surface area (Å²) >= 11 is 1.23. The van der Waals surface area contributed by atoms with E-state index in [4.69, 9.17) is 4.42 Å². The number of carbonyl (C=O) groups excluding carboxylic acids is 1. The van der Waals surface area contributed by atoms with Crippen LogP contribution < -0.4 is 10.9 Å². The van der Waals surface area contributed by atoms with Crippen LogP contribution in [0.3, 0.4) is 0 Å². The van der Waals surface area contributed by atoms with Crippen LogP contribution in [0.15, 0.2) is 38.9 Å². The van der Waals surface area contributed by atoms with E-state index in [-0.39, 0.29) is 11.7 Å². The van der Waals surface area contributed by atoms with Crippen LogP contribution in [0.1, 0.15) is 6.92 Å². The van der Waals surface area contributed by atoms with Gasteiger partial charge in [-0.3, -0.25) is 4.79 Å². The molecule has 21 heavy (non-hydrogen) atoms. The number of thiazole rings is 1. The molecule has 7 heteroatoms. The summed E-state index contributed by atoms with van der Waals surface area (Å²) in [5.41, 5.74) is 0.502. The Kier molecular flexibility index (Phi) is 3.19. The van der Waals surface area contributed by atoms with Gasteiger partial charge in [-0.05, 0) is 18.2 Å². The number of phenols is 1. The number of phenolic OH excluding ortho intramolecular Hbond substituents is 1. The quantitative estimate of drug-likeness (QED) is 0.710. The van der Waals surface area contributed by atoms with Crippen molar-refractivity contribution in [3.8, 4) is 17.0 Å². The van der Waals surface area contributed by atoms with Crippen LogP contribution in [0.4, 0.5) is 5.13 Å². The molecule has 0 atom stereocenters. The maximum atomic E-state index is 12.0. The Hall–Kier alpha value is -2.67. The highest BCUT2D eigenvalue weighted by molar-refractivity contribution is 7.14. The fourth-order valence-corrected chi connectivity index (χ4v) is 2.64. The summed E-state index contributed by atoms with van der Waals surface area (Å²) in [6.07, 6.45) is 0. The number of hydrogen-bond donors (Lipinski definition) is 2. The molecule has 0 radical (unpaired) electrons. The summed E-state index contributed by atoms with van der Waals surface area (Å²) in [5.74, 6) is -0.197. The molecule has 3 aromatic rings. The normalized spacial score (nSPS) is 10.7. The number of hydrogen-bond acceptors (Lipinski definition) is 6. The topological polar surface area (TPSA) is 92.4 Å². The molecule has 0 aliphatic rings. The number of aromatic nitrogens is 1. The number of benzene rings is 1. The Balaban J connectivity index is 2.09. The molecular formula is C14H10N2O4S. The molecule has 0 aliphatic carbocycles. The Morgan fingerprint density at radius 2 is 2.19 bits per heavy atom. The fraction of sp³-hybridized carbons (Fsp3) is 0.0714. The first-order valence-corrected chi connectivity index (χ1v) is 6.91. The van der Waals surface area contributed by atoms with Gasteiger partial charge < -0.3 is 14.8 Å². The minimum absolute atomic E-state index is 0.0278. The van der Waals surface area contributed by atoms with Crippen LogP contribution in [-0.2, 0) is 4.79 Å². The molecule has 0 spiro atoms. The molecular weight excluding hydrogens is 292 g/mol. The third kappa shape index (κ3) is 2.63. The predicted molar refractivity (Wildman–Crippen MR) is 79.6 cm³/mol. The third-order valence-corrected chi connectivity index (χ3v) is 3.54. The first-order valence-electron chi connectivity index (χ1n) is 6.03. The van der Waals surface area contributed by atoms with E-state index >= 15 is 0 Å². The molecule has 106 valence electrons. The minimum Gasteiger partial charge on any atom is -0.508 e. The molecule has 0 saturated carbocycles. The number of anilines is 1. The van der Waals surface area contributed by atoms with Crippen molar-refractivity contribution < 1.29 is 14.3 Å². The van der Waals surface area contributed by atoms with E-state index in [2.05, 4.69) is 10.3 Å². The standard InChI is InChI=1S/C14H10N2O4S/c1-7(17)15-14-16-11(6-21-14)10-4-8-2-3-9(18)5-12(8)20-13(10)19/h2-6,18H,1H3,(H,15,16,17). The van der Waals surface area contributed by atoms with Gasteiger partial charge in [0, 0.05) is 23.8 Å². The lowest BCUT2D eigenvalue weighted by Gasteiger charge is -2.00. The molecule has 2 N–H and O–H groups in total. The monoisotopic (exact) mass is 302 g/mol. The van der Waals surface area contributed by atoms with Gasteiger partial charge in [-0.15, -0.1) is 11.3 Å². The number of rotatable bonds is 2. The maximum Gasteiger partial charge on any atom is 0.345 e. The molecule has 1 aromatic carbocycles. The second kappa shape index (κ2) is 5.02. The first-order chi connectivity index (χ1) is 10.0. The highest BCUT2D eigenvalue weighted by Gasteiger charge is 2.12. The summed E-state index contributed by atoms with van der Waals surface area (Å²) in [6, 6.07) is 6.19. The number of amides is 1. The van der Waals surface area contributed by atoms with Gasteiger partial charge in [0.2, 0.25) is 5.91 Å². The number of nitrogens with one attached hydrogen (secondary N) is 1. The van der Waals surface area contributed by atoms with E-state index in [1.54, 1.807) is 17.5 Å². The van der Waals surface area contributed by atoms with Crippen LogP contribution in [0.2, 0.25) is 0 Å². The van der Waals surface area contributed by atoms with E-state index in [0.717, 1.165) is 0 Å². The highest BCUT2D eigenvalue weighted by Crippen LogP contribution is 2.26. The molecule has 0 unspecified atom stereocenters. The van der Waals surface area contributed by atoms with E-state index in [0.29, 0.717) is 27.4 Å². The van der Waals surface area contributed by atoms with Crippen molar-refractivity contribution in [2.75, 3.05) is 5.32 Å². The zero-order valence-corrected chi connectivity index (χ0v) is 11.7. The van der Waals surface area contributed by atoms with Gasteiger partial charge in [0.15, 0.2) is 5.13 Å². The average molecular weight is 302 g/mol. The second-order valence-electron chi connectivity index (χ2n) is 4.39. The van der Waals surface area contributed by atoms with Crippen molar-refractivity contribution >= 4 is 33.3 Å². The van der Waals surface area contributed by atoms with Crippen molar-refractivity contribution in [2.24, 2.45) is 0 Å². The molecule has 2 aromatic heterocycles. The van der Waals surface area contributed by atoms with Crippen LogP contribution in [0, 0.1) is 0 Å². The smallest absolute Gasteiger partial charge is 0.345 e. The molecule has 1 amide bonds. The molecule has 3 rings (SSSR count). The largest absolute Gasteiger partial charge is 0.508 e. The number of nitrogens with zero attached hydrogens (tertiary/aromatic N) is 1. The maximum absolute atomic E-state index is 12.0. The number of fused-ring (bicyclic) bond motifs is 1. The summed E-state index contributed by atoms with van der Waals surface area (Å²) in [4.78, 5) is 27.2. The van der Waals surface area contributed by atoms with Crippen molar-refractivity contribution in [3.05, 3.63) is 40.1 Å². The third-order valence-electron chi connectivity index (χ3n) is 2.78. The van der Waals surface area contributed by atoms with E-state index in [9.17, 15) is 14.7 Å². The highest BCUT2D eigenvalue weighted by atomic mass is 32.1. The molecule has 0 fully saturated rings. The Morgan fingerprint density at radius 3 is 2.95 bits per heavy atom. The van der Waals surface area contributed by atoms with E-state index in [1.165, 1.54) is 30.4 Å². The van der Waals surface area contributed by atoms with Crippen molar-refractivity contribution in [2.45, 2.75) is 6.92 Å². The zero-order chi connectivity index (χ0) is 15.0. The van der Waals surface area contributed by atoms with Gasteiger partial charge in [-0.1, -0.05) is 0 Å². The van der Waals surface area contributed by atoms with Crippen molar-refractivity contribution in [1.82, 2.24) is 4.98 Å². The minimum atomic E-state index is -0.548. The van der Waals surface area contributed by atoms with Crippen molar-refractivity contribution in [3.63, 3.8) is 0 Å². The van der Waals surface area contributed by atoms with Crippen LogP contribution >= 0.6 is 11.3 Å². The van der Waals surface area contributed by atoms with Crippen molar-refractivity contribution in [1.29, 1.82) is 0 Å². The van der Waals surface area contributed by atoms with Gasteiger partial charge in [0.25, 0.3) is 0 Å². The lowest BCUT2D eigenvalue weighted by molar-refractivity contribution is -0.114. The summed E-state index contributed by atoms with van der Waals surface area (Å²) in [6.45, 7) is 1.39.